The van der Waals surface area contributed by atoms with Crippen molar-refractivity contribution in [1.29, 1.82) is 0 Å². The van der Waals surface area contributed by atoms with Gasteiger partial charge in [0.1, 0.15) is 35.2 Å². The number of rotatable bonds is 15. The van der Waals surface area contributed by atoms with Crippen LogP contribution >= 0.6 is 0 Å². The fraction of sp³-hybridized carbons (Fsp3) is 0.457. The number of aromatic nitrogens is 3. The number of carbonyl (C=O) groups excluding carboxylic acids is 1. The highest BCUT2D eigenvalue weighted by Crippen LogP contribution is 2.48. The predicted octanol–water partition coefficient (Wildman–Crippen LogP) is 8.53. The van der Waals surface area contributed by atoms with E-state index in [-0.39, 0.29) is 30.3 Å². The number of anilines is 2. The van der Waals surface area contributed by atoms with Crippen LogP contribution < -0.4 is 14.5 Å². The van der Waals surface area contributed by atoms with Crippen molar-refractivity contribution in [2.24, 2.45) is 5.92 Å². The van der Waals surface area contributed by atoms with Crippen LogP contribution in [-0.4, -0.2) is 89.5 Å². The summed E-state index contributed by atoms with van der Waals surface area (Å²) < 4.78 is 26.9. The van der Waals surface area contributed by atoms with Gasteiger partial charge in [-0.15, -0.1) is 0 Å². The zero-order valence-electron chi connectivity index (χ0n) is 34.5. The summed E-state index contributed by atoms with van der Waals surface area (Å²) in [6.45, 7) is 13.2. The Morgan fingerprint density at radius 1 is 0.877 bits per heavy atom. The van der Waals surface area contributed by atoms with Crippen molar-refractivity contribution < 1.29 is 23.7 Å². The third-order valence-electron chi connectivity index (χ3n) is 10.9. The smallest absolute Gasteiger partial charge is 0.410 e. The van der Waals surface area contributed by atoms with Gasteiger partial charge in [0.25, 0.3) is 0 Å². The van der Waals surface area contributed by atoms with Crippen LogP contribution in [-0.2, 0) is 27.2 Å². The zero-order valence-corrected chi connectivity index (χ0v) is 34.5. The van der Waals surface area contributed by atoms with E-state index in [9.17, 15) is 4.79 Å². The van der Waals surface area contributed by atoms with Crippen molar-refractivity contribution in [3.05, 3.63) is 115 Å². The Bertz CT molecular complexity index is 2070. The molecular formula is C46H58N6O5. The molecule has 3 aromatic carbocycles. The van der Waals surface area contributed by atoms with Crippen molar-refractivity contribution in [2.75, 3.05) is 50.1 Å². The lowest BCUT2D eigenvalue weighted by molar-refractivity contribution is -0.159. The molecule has 2 aromatic heterocycles. The van der Waals surface area contributed by atoms with E-state index in [0.717, 1.165) is 66.2 Å². The van der Waals surface area contributed by atoms with Gasteiger partial charge < -0.3 is 38.2 Å². The van der Waals surface area contributed by atoms with Crippen LogP contribution in [0.4, 0.5) is 16.3 Å². The van der Waals surface area contributed by atoms with E-state index in [1.165, 1.54) is 5.56 Å². The first kappa shape index (κ1) is 40.1. The molecule has 0 spiro atoms. The average Bonchev–Trinajstić information content (AvgIpc) is 3.86. The Labute approximate surface area is 337 Å². The molecular weight excluding hydrogens is 717 g/mol. The van der Waals surface area contributed by atoms with E-state index in [1.54, 1.807) is 13.4 Å². The van der Waals surface area contributed by atoms with E-state index in [2.05, 4.69) is 88.3 Å². The number of para-hydroxylation sites is 1. The molecule has 1 saturated carbocycles. The van der Waals surface area contributed by atoms with Gasteiger partial charge in [0.05, 0.1) is 24.6 Å². The molecule has 11 nitrogen and oxygen atoms in total. The quantitative estimate of drug-likeness (QED) is 0.104. The van der Waals surface area contributed by atoms with Gasteiger partial charge in [0.15, 0.2) is 5.79 Å². The topological polar surface area (TPSA) is 94.4 Å². The third kappa shape index (κ3) is 9.71. The monoisotopic (exact) mass is 774 g/mol. The molecule has 1 aliphatic heterocycles. The maximum Gasteiger partial charge on any atom is 0.410 e. The number of amides is 1. The maximum absolute atomic E-state index is 13.4. The van der Waals surface area contributed by atoms with Crippen molar-refractivity contribution >= 4 is 28.6 Å². The largest absolute Gasteiger partial charge is 0.497 e. The Morgan fingerprint density at radius 2 is 1.58 bits per heavy atom. The summed E-state index contributed by atoms with van der Waals surface area (Å²) in [6.07, 6.45) is 5.69. The molecule has 2 aliphatic rings. The van der Waals surface area contributed by atoms with Crippen LogP contribution in [0.25, 0.3) is 11.0 Å². The second kappa shape index (κ2) is 17.2. The van der Waals surface area contributed by atoms with Gasteiger partial charge >= 0.3 is 6.09 Å². The lowest BCUT2D eigenvalue weighted by Gasteiger charge is -2.32. The van der Waals surface area contributed by atoms with E-state index in [0.29, 0.717) is 19.6 Å². The van der Waals surface area contributed by atoms with Crippen LogP contribution in [0.3, 0.4) is 0 Å². The summed E-state index contributed by atoms with van der Waals surface area (Å²) in [5.74, 6) is 1.18. The van der Waals surface area contributed by atoms with Gasteiger partial charge in [0.2, 0.25) is 0 Å². The lowest BCUT2D eigenvalue weighted by Crippen LogP contribution is -2.40. The van der Waals surface area contributed by atoms with Crippen LogP contribution in [0.1, 0.15) is 64.6 Å². The minimum absolute atomic E-state index is 0.0205. The highest BCUT2D eigenvalue weighted by atomic mass is 16.8. The van der Waals surface area contributed by atoms with Crippen LogP contribution in [0.5, 0.6) is 5.75 Å². The summed E-state index contributed by atoms with van der Waals surface area (Å²) >= 11 is 0. The molecule has 0 bridgehead atoms. The van der Waals surface area contributed by atoms with Crippen LogP contribution in [0, 0.1) is 5.92 Å². The number of methoxy groups -OCH3 is 1. The van der Waals surface area contributed by atoms with Gasteiger partial charge in [-0.05, 0) is 95.3 Å². The molecule has 1 aliphatic carbocycles. The molecule has 4 atom stereocenters. The van der Waals surface area contributed by atoms with E-state index < -0.39 is 11.4 Å². The average molecular weight is 775 g/mol. The van der Waals surface area contributed by atoms with Crippen molar-refractivity contribution in [2.45, 2.75) is 90.1 Å². The van der Waals surface area contributed by atoms with Gasteiger partial charge in [-0.1, -0.05) is 60.7 Å². The number of benzene rings is 3. The summed E-state index contributed by atoms with van der Waals surface area (Å²) in [6, 6.07) is 31.1. The second-order valence-corrected chi connectivity index (χ2v) is 16.8. The lowest BCUT2D eigenvalue weighted by atomic mass is 10.0. The first-order chi connectivity index (χ1) is 27.4. The van der Waals surface area contributed by atoms with Gasteiger partial charge in [0, 0.05) is 57.6 Å². The van der Waals surface area contributed by atoms with Gasteiger partial charge in [-0.25, -0.2) is 14.8 Å². The maximum atomic E-state index is 13.4. The highest BCUT2D eigenvalue weighted by molar-refractivity contribution is 5.88. The Morgan fingerprint density at radius 3 is 2.28 bits per heavy atom. The number of hydrogen-bond donors (Lipinski definition) is 0. The number of nitrogens with zero attached hydrogens (tertiary/aromatic N) is 6. The highest BCUT2D eigenvalue weighted by Gasteiger charge is 2.55. The molecule has 5 aromatic rings. The predicted molar refractivity (Wildman–Crippen MR) is 225 cm³/mol. The third-order valence-corrected chi connectivity index (χ3v) is 10.9. The summed E-state index contributed by atoms with van der Waals surface area (Å²) in [4.78, 5) is 29.5. The number of carbonyl (C=O) groups is 1. The summed E-state index contributed by atoms with van der Waals surface area (Å²) in [7, 11) is 3.75. The second-order valence-electron chi connectivity index (χ2n) is 16.8. The van der Waals surface area contributed by atoms with E-state index in [4.69, 9.17) is 28.9 Å². The first-order valence-electron chi connectivity index (χ1n) is 20.2. The molecule has 57 heavy (non-hydrogen) atoms. The van der Waals surface area contributed by atoms with Gasteiger partial charge in [-0.3, -0.25) is 0 Å². The zero-order chi connectivity index (χ0) is 40.2. The van der Waals surface area contributed by atoms with Crippen LogP contribution in [0.2, 0.25) is 0 Å². The molecule has 0 unspecified atom stereocenters. The Hall–Kier alpha value is -5.13. The first-order valence-corrected chi connectivity index (χ1v) is 20.2. The fourth-order valence-corrected chi connectivity index (χ4v) is 8.35. The minimum Gasteiger partial charge on any atom is -0.497 e. The molecule has 7 rings (SSSR count). The molecule has 0 radical (unpaired) electrons. The minimum atomic E-state index is -0.710. The molecule has 1 amide bonds. The normalized spacial score (nSPS) is 20.0. The molecule has 302 valence electrons. The molecule has 0 N–H and O–H groups in total. The molecule has 1 saturated heterocycles. The van der Waals surface area contributed by atoms with Crippen LogP contribution in [0.15, 0.2) is 104 Å². The number of hydrogen-bond acceptors (Lipinski definition) is 9. The molecule has 3 heterocycles. The standard InChI is InChI=1S/C46H58N6O5/c1-45(2,3)57-44(53)50(27-23-33-15-10-8-11-16-33)25-14-26-51(36-17-12-9-13-18-36)31-35-29-39(41-40(35)55-46(4,5)56-41)52-28-24-38-42(47-32-48-43(38)52)49(6)30-34-19-21-37(54-7)22-20-34/h8-13,15-22,24,28,32,35,39-41H,14,23,25-27,29-31H2,1-7H3/t35-,39-,40-,41+/m1/s1. The molecule has 2 fully saturated rings. The Kier molecular flexibility index (Phi) is 12.1. The fourth-order valence-electron chi connectivity index (χ4n) is 8.35. The number of fused-ring (bicyclic) bond motifs is 2. The SMILES string of the molecule is COc1ccc(CN(C)c2ncnc3c2ccn3[C@@H]2C[C@H](CN(CCCN(CCc3ccccc3)C(=O)OC(C)(C)C)c3ccccc3)[C@H]3OC(C)(C)O[C@H]32)cc1. The van der Waals surface area contributed by atoms with Crippen molar-refractivity contribution in [3.8, 4) is 5.75 Å². The number of ether oxygens (including phenoxy) is 4. The Balaban J connectivity index is 1.09. The van der Waals surface area contributed by atoms with Gasteiger partial charge in [-0.2, -0.15) is 0 Å². The van der Waals surface area contributed by atoms with E-state index >= 15 is 0 Å². The van der Waals surface area contributed by atoms with E-state index in [1.807, 2.05) is 69.9 Å². The molecule has 11 heteroatoms. The van der Waals surface area contributed by atoms with Crippen molar-refractivity contribution in [3.63, 3.8) is 0 Å². The summed E-state index contributed by atoms with van der Waals surface area (Å²) in [5, 5.41) is 0.999. The summed E-state index contributed by atoms with van der Waals surface area (Å²) in [5.41, 5.74) is 3.82. The van der Waals surface area contributed by atoms with Crippen molar-refractivity contribution in [1.82, 2.24) is 19.4 Å².